The summed E-state index contributed by atoms with van der Waals surface area (Å²) in [4.78, 5) is 2.64. The standard InChI is InChI=1S/C46H63N/c1-3-5-7-9-11-13-15-17-19-24-40-47(41-25-20-18-16-14-12-10-8-6-4-2)46-38-36-45(37-39-46)35-34-44-32-30-43(31-33-44)29-28-42-26-22-21-23-27-42/h21-23,26-27,30-33,36-39H,3-20,24-25,40-41H2,1-2H3. The van der Waals surface area contributed by atoms with Gasteiger partial charge < -0.3 is 4.90 Å². The summed E-state index contributed by atoms with van der Waals surface area (Å²) in [5.74, 6) is 13.2. The third-order valence-corrected chi connectivity index (χ3v) is 9.16. The molecule has 0 aliphatic carbocycles. The van der Waals surface area contributed by atoms with Crippen molar-refractivity contribution in [2.45, 2.75) is 142 Å². The van der Waals surface area contributed by atoms with E-state index in [9.17, 15) is 0 Å². The molecule has 0 bridgehead atoms. The first-order valence-corrected chi connectivity index (χ1v) is 19.3. The first-order chi connectivity index (χ1) is 23.3. The van der Waals surface area contributed by atoms with E-state index < -0.39 is 0 Å². The lowest BCUT2D eigenvalue weighted by atomic mass is 10.1. The van der Waals surface area contributed by atoms with Crippen LogP contribution in [0.3, 0.4) is 0 Å². The summed E-state index contributed by atoms with van der Waals surface area (Å²) in [5, 5.41) is 0. The van der Waals surface area contributed by atoms with Crippen LogP contribution in [0.4, 0.5) is 5.69 Å². The number of rotatable bonds is 23. The molecule has 3 aromatic carbocycles. The average Bonchev–Trinajstić information content (AvgIpc) is 3.11. The van der Waals surface area contributed by atoms with Crippen LogP contribution in [0.25, 0.3) is 0 Å². The molecule has 0 aliphatic rings. The third-order valence-electron chi connectivity index (χ3n) is 9.16. The van der Waals surface area contributed by atoms with Crippen molar-refractivity contribution in [3.63, 3.8) is 0 Å². The van der Waals surface area contributed by atoms with Gasteiger partial charge in [-0.25, -0.2) is 0 Å². The number of hydrogen-bond acceptors (Lipinski definition) is 1. The van der Waals surface area contributed by atoms with E-state index in [1.165, 1.54) is 147 Å². The average molecular weight is 630 g/mol. The number of benzene rings is 3. The Kier molecular flexibility index (Phi) is 20.8. The zero-order valence-corrected chi connectivity index (χ0v) is 30.0. The van der Waals surface area contributed by atoms with Crippen LogP contribution in [0.2, 0.25) is 0 Å². The van der Waals surface area contributed by atoms with Crippen molar-refractivity contribution in [2.75, 3.05) is 18.0 Å². The SMILES string of the molecule is CCCCCCCCCCCCN(CCCCCCCCCCCC)c1ccc(C#Cc2ccc(C#Cc3ccccc3)cc2)cc1. The summed E-state index contributed by atoms with van der Waals surface area (Å²) in [5.41, 5.74) is 5.48. The lowest BCUT2D eigenvalue weighted by Gasteiger charge is -2.25. The van der Waals surface area contributed by atoms with Gasteiger partial charge in [0, 0.05) is 41.0 Å². The quantitative estimate of drug-likeness (QED) is 0.0745. The van der Waals surface area contributed by atoms with Crippen molar-refractivity contribution in [3.05, 3.63) is 101 Å². The largest absolute Gasteiger partial charge is 0.372 e. The molecular formula is C46H63N. The molecule has 3 aromatic rings. The van der Waals surface area contributed by atoms with Gasteiger partial charge in [0.2, 0.25) is 0 Å². The highest BCUT2D eigenvalue weighted by Crippen LogP contribution is 2.19. The monoisotopic (exact) mass is 629 g/mol. The summed E-state index contributed by atoms with van der Waals surface area (Å²) in [6, 6.07) is 27.4. The molecule has 0 atom stereocenters. The van der Waals surface area contributed by atoms with Gasteiger partial charge in [0.05, 0.1) is 0 Å². The van der Waals surface area contributed by atoms with Crippen molar-refractivity contribution in [1.29, 1.82) is 0 Å². The Morgan fingerprint density at radius 3 is 1.00 bits per heavy atom. The molecule has 3 rings (SSSR count). The van der Waals surface area contributed by atoms with E-state index in [2.05, 4.69) is 91.0 Å². The molecular weight excluding hydrogens is 567 g/mol. The molecule has 1 nitrogen and oxygen atoms in total. The van der Waals surface area contributed by atoms with Gasteiger partial charge in [-0.2, -0.15) is 0 Å². The lowest BCUT2D eigenvalue weighted by molar-refractivity contribution is 0.543. The van der Waals surface area contributed by atoms with Crippen molar-refractivity contribution < 1.29 is 0 Å². The fraction of sp³-hybridized carbons (Fsp3) is 0.522. The van der Waals surface area contributed by atoms with E-state index in [-0.39, 0.29) is 0 Å². The van der Waals surface area contributed by atoms with Gasteiger partial charge in [-0.05, 0) is 73.5 Å². The molecule has 0 radical (unpaired) electrons. The molecule has 0 heterocycles. The Labute approximate surface area is 290 Å². The van der Waals surface area contributed by atoms with E-state index in [0.29, 0.717) is 0 Å². The van der Waals surface area contributed by atoms with Crippen LogP contribution in [0.15, 0.2) is 78.9 Å². The molecule has 0 aromatic heterocycles. The second-order valence-corrected chi connectivity index (χ2v) is 13.3. The number of anilines is 1. The summed E-state index contributed by atoms with van der Waals surface area (Å²) in [6.07, 6.45) is 27.7. The van der Waals surface area contributed by atoms with E-state index in [1.807, 2.05) is 30.3 Å². The van der Waals surface area contributed by atoms with Gasteiger partial charge in [-0.15, -0.1) is 0 Å². The first kappa shape index (κ1) is 38.0. The van der Waals surface area contributed by atoms with Crippen LogP contribution < -0.4 is 4.90 Å². The highest BCUT2D eigenvalue weighted by molar-refractivity contribution is 5.52. The van der Waals surface area contributed by atoms with Crippen LogP contribution >= 0.6 is 0 Å². The molecule has 0 spiro atoms. The van der Waals surface area contributed by atoms with E-state index >= 15 is 0 Å². The molecule has 0 saturated heterocycles. The number of hydrogen-bond donors (Lipinski definition) is 0. The molecule has 1 heteroatoms. The topological polar surface area (TPSA) is 3.24 Å². The maximum atomic E-state index is 3.38. The van der Waals surface area contributed by atoms with Crippen LogP contribution in [-0.2, 0) is 0 Å². The van der Waals surface area contributed by atoms with Gasteiger partial charge in [0.15, 0.2) is 0 Å². The predicted octanol–water partition coefficient (Wildman–Crippen LogP) is 13.1. The summed E-state index contributed by atoms with van der Waals surface area (Å²) < 4.78 is 0. The third kappa shape index (κ3) is 17.9. The van der Waals surface area contributed by atoms with E-state index in [4.69, 9.17) is 0 Å². The summed E-state index contributed by atoms with van der Waals surface area (Å²) in [7, 11) is 0. The normalized spacial score (nSPS) is 10.6. The molecule has 0 N–H and O–H groups in total. The van der Waals surface area contributed by atoms with Crippen LogP contribution in [-0.4, -0.2) is 13.1 Å². The first-order valence-electron chi connectivity index (χ1n) is 19.3. The Balaban J connectivity index is 1.47. The smallest absolute Gasteiger partial charge is 0.0367 e. The zero-order chi connectivity index (χ0) is 33.0. The van der Waals surface area contributed by atoms with Gasteiger partial charge in [-0.1, -0.05) is 171 Å². The second kappa shape index (κ2) is 25.6. The van der Waals surface area contributed by atoms with Gasteiger partial charge in [-0.3, -0.25) is 0 Å². The van der Waals surface area contributed by atoms with E-state index in [0.717, 1.165) is 22.3 Å². The minimum absolute atomic E-state index is 1.01. The van der Waals surface area contributed by atoms with Crippen LogP contribution in [0.1, 0.15) is 165 Å². The number of unbranched alkanes of at least 4 members (excludes halogenated alkanes) is 18. The highest BCUT2D eigenvalue weighted by atomic mass is 15.1. The predicted molar refractivity (Wildman–Crippen MR) is 207 cm³/mol. The van der Waals surface area contributed by atoms with Crippen LogP contribution in [0.5, 0.6) is 0 Å². The van der Waals surface area contributed by atoms with Gasteiger partial charge in [0.1, 0.15) is 0 Å². The number of nitrogens with zero attached hydrogens (tertiary/aromatic N) is 1. The fourth-order valence-electron chi connectivity index (χ4n) is 6.15. The second-order valence-electron chi connectivity index (χ2n) is 13.3. The molecule has 47 heavy (non-hydrogen) atoms. The maximum Gasteiger partial charge on any atom is 0.0367 e. The maximum absolute atomic E-state index is 3.38. The van der Waals surface area contributed by atoms with Crippen molar-refractivity contribution >= 4 is 5.69 Å². The molecule has 0 amide bonds. The van der Waals surface area contributed by atoms with Crippen molar-refractivity contribution in [3.8, 4) is 23.7 Å². The van der Waals surface area contributed by atoms with Crippen molar-refractivity contribution in [1.82, 2.24) is 0 Å². The Bertz CT molecular complexity index is 1270. The molecule has 0 aliphatic heterocycles. The minimum Gasteiger partial charge on any atom is -0.372 e. The molecule has 0 fully saturated rings. The Morgan fingerprint density at radius 2 is 0.638 bits per heavy atom. The van der Waals surface area contributed by atoms with E-state index in [1.54, 1.807) is 0 Å². The molecule has 0 unspecified atom stereocenters. The Morgan fingerprint density at radius 1 is 0.340 bits per heavy atom. The lowest BCUT2D eigenvalue weighted by Crippen LogP contribution is -2.25. The van der Waals surface area contributed by atoms with Gasteiger partial charge >= 0.3 is 0 Å². The highest BCUT2D eigenvalue weighted by Gasteiger charge is 2.07. The summed E-state index contributed by atoms with van der Waals surface area (Å²) in [6.45, 7) is 6.93. The molecule has 252 valence electrons. The van der Waals surface area contributed by atoms with Crippen molar-refractivity contribution in [2.24, 2.45) is 0 Å². The van der Waals surface area contributed by atoms with Gasteiger partial charge in [0.25, 0.3) is 0 Å². The Hall–Kier alpha value is -3.42. The molecule has 0 saturated carbocycles. The zero-order valence-electron chi connectivity index (χ0n) is 30.0. The van der Waals surface area contributed by atoms with Crippen LogP contribution in [0, 0.1) is 23.7 Å². The summed E-state index contributed by atoms with van der Waals surface area (Å²) >= 11 is 0. The minimum atomic E-state index is 1.01. The fourth-order valence-corrected chi connectivity index (χ4v) is 6.15.